The van der Waals surface area contributed by atoms with Crippen LogP contribution in [0.25, 0.3) is 27.8 Å². The van der Waals surface area contributed by atoms with Gasteiger partial charge >= 0.3 is 5.69 Å². The summed E-state index contributed by atoms with van der Waals surface area (Å²) in [4.78, 5) is 51.8. The van der Waals surface area contributed by atoms with Gasteiger partial charge in [-0.2, -0.15) is 5.57 Å². The molecule has 0 saturated heterocycles. The Kier molecular flexibility index (Phi) is 13.6. The molecule has 7 rings (SSSR count). The van der Waals surface area contributed by atoms with Gasteiger partial charge in [0.25, 0.3) is 5.56 Å². The second-order valence-electron chi connectivity index (χ2n) is 8.60. The zero-order chi connectivity index (χ0) is 28.6. The van der Waals surface area contributed by atoms with Crippen molar-refractivity contribution in [2.45, 2.75) is 33.9 Å². The van der Waals surface area contributed by atoms with Crippen LogP contribution in [-0.2, 0) is 65.4 Å². The van der Waals surface area contributed by atoms with Crippen LogP contribution in [0.15, 0.2) is 73.5 Å². The van der Waals surface area contributed by atoms with Crippen LogP contribution in [0, 0.1) is 13.8 Å². The average molecular weight is 719 g/mol. The number of hydrogen-bond acceptors (Lipinski definition) is 10. The number of fused-ring (bicyclic) bond motifs is 3. The zero-order valence-electron chi connectivity index (χ0n) is 23.4. The Morgan fingerprint density at radius 3 is 2.45 bits per heavy atom. The number of hydrogen-bond donors (Lipinski definition) is 6. The Balaban J connectivity index is 0.000000194. The van der Waals surface area contributed by atoms with Gasteiger partial charge in [0.15, 0.2) is 0 Å². The molecule has 5 aromatic heterocycles. The van der Waals surface area contributed by atoms with Crippen LogP contribution in [-0.4, -0.2) is 53.6 Å². The minimum Gasteiger partial charge on any atom is -0.452 e. The summed E-state index contributed by atoms with van der Waals surface area (Å²) < 4.78 is 5.15. The quantitative estimate of drug-likeness (QED) is 0.131. The Morgan fingerprint density at radius 1 is 1.02 bits per heavy atom. The number of allylic oxidation sites excluding steroid dienone is 1. The minimum atomic E-state index is -0.383. The molecule has 5 aromatic rings. The largest absolute Gasteiger partial charge is 0.452 e. The van der Waals surface area contributed by atoms with Crippen molar-refractivity contribution in [3.05, 3.63) is 87.3 Å². The van der Waals surface area contributed by atoms with Crippen molar-refractivity contribution in [2.75, 3.05) is 0 Å². The monoisotopic (exact) mass is 719 g/mol. The number of furan rings is 1. The van der Waals surface area contributed by atoms with Crippen LogP contribution >= 0.6 is 0 Å². The molecule has 2 radical (unpaired) electrons. The standard InChI is InChI=1S/C7H7N3O.C7H6N2O2.C6H5N4.C6H9N2.2Y/c1-4-2-8-6-5(4)7(11)10-3-9-6;1-4-2-5-3-8-7(10)9-6(5)11-4;1-4-5-6(9-2-7-4)10-3-8-5;1-5-3-7-6(2)8-4-5;;/h2-3H,1H3,(H2,8,9,10,11);2-3H,1H3,(H,8,9,10);3H,1H2,(H,7,9)(H,8,10);3,6-7H,1-2H3;;/q;;2*-1;;. The second-order valence-corrected chi connectivity index (χ2v) is 8.60. The molecule has 7 heterocycles. The van der Waals surface area contributed by atoms with Crippen LogP contribution in [0.3, 0.4) is 0 Å². The van der Waals surface area contributed by atoms with Crippen LogP contribution in [0.5, 0.6) is 0 Å². The summed E-state index contributed by atoms with van der Waals surface area (Å²) in [5.41, 5.74) is 4.23. The Bertz CT molecular complexity index is 1840. The first-order valence-electron chi connectivity index (χ1n) is 12.0. The summed E-state index contributed by atoms with van der Waals surface area (Å²) in [7, 11) is 0. The summed E-state index contributed by atoms with van der Waals surface area (Å²) in [6, 6.07) is 1.82. The van der Waals surface area contributed by atoms with Crippen molar-refractivity contribution >= 4 is 46.2 Å². The first kappa shape index (κ1) is 34.9. The molecule has 14 nitrogen and oxygen atoms in total. The fourth-order valence-electron chi connectivity index (χ4n) is 3.43. The van der Waals surface area contributed by atoms with E-state index in [2.05, 4.69) is 74.6 Å². The van der Waals surface area contributed by atoms with Gasteiger partial charge in [-0.25, -0.2) is 14.8 Å². The van der Waals surface area contributed by atoms with E-state index in [9.17, 15) is 9.59 Å². The fourth-order valence-corrected chi connectivity index (χ4v) is 3.43. The Hall–Kier alpha value is -3.32. The summed E-state index contributed by atoms with van der Waals surface area (Å²) in [5, 5.41) is 7.25. The third kappa shape index (κ3) is 9.35. The third-order valence-electron chi connectivity index (χ3n) is 5.36. The van der Waals surface area contributed by atoms with Gasteiger partial charge in [0.05, 0.1) is 35.4 Å². The predicted octanol–water partition coefficient (Wildman–Crippen LogP) is 2.69. The van der Waals surface area contributed by atoms with Crippen molar-refractivity contribution in [3.8, 4) is 0 Å². The van der Waals surface area contributed by atoms with Gasteiger partial charge < -0.3 is 40.0 Å². The van der Waals surface area contributed by atoms with Crippen LogP contribution in [0.1, 0.15) is 30.9 Å². The normalized spacial score (nSPS) is 14.1. The van der Waals surface area contributed by atoms with Crippen molar-refractivity contribution < 1.29 is 69.8 Å². The van der Waals surface area contributed by atoms with E-state index in [-0.39, 0.29) is 82.8 Å². The SMILES string of the molecule is C=C1N[C-]=Nc2nc[nH]c21.CC1=CNC(C)N=[C-]1.Cc1c[nH]c2nc[nH]c(=O)c12.Cc1cc2cnc(=O)[nH]c2o1.[Y].[Y]. The number of aliphatic imine (C=N–C) groups is 2. The van der Waals surface area contributed by atoms with Crippen molar-refractivity contribution in [2.24, 2.45) is 9.98 Å². The van der Waals surface area contributed by atoms with E-state index in [0.29, 0.717) is 22.6 Å². The average Bonchev–Trinajstić information content (AvgIpc) is 3.66. The van der Waals surface area contributed by atoms with Gasteiger partial charge in [-0.3, -0.25) is 14.8 Å². The number of nitrogens with one attached hydrogen (secondary N) is 6. The molecule has 42 heavy (non-hydrogen) atoms. The molecule has 0 aliphatic carbocycles. The van der Waals surface area contributed by atoms with E-state index >= 15 is 0 Å². The summed E-state index contributed by atoms with van der Waals surface area (Å²) in [6.45, 7) is 11.4. The first-order chi connectivity index (χ1) is 19.2. The molecule has 0 aromatic carbocycles. The predicted molar refractivity (Wildman–Crippen MR) is 152 cm³/mol. The maximum Gasteiger partial charge on any atom is 0.347 e. The summed E-state index contributed by atoms with van der Waals surface area (Å²) in [5.74, 6) is 1.41. The number of imidazole rings is 1. The van der Waals surface area contributed by atoms with E-state index in [1.54, 1.807) is 12.5 Å². The fraction of sp³-hybridized carbons (Fsp3) is 0.192. The van der Waals surface area contributed by atoms with Gasteiger partial charge in [0.2, 0.25) is 5.71 Å². The maximum absolute atomic E-state index is 11.1. The summed E-state index contributed by atoms with van der Waals surface area (Å²) >= 11 is 0. The number of aromatic nitrogens is 7. The topological polar surface area (TPSA) is 198 Å². The number of rotatable bonds is 0. The van der Waals surface area contributed by atoms with Crippen LogP contribution in [0.2, 0.25) is 0 Å². The van der Waals surface area contributed by atoms with Crippen molar-refractivity contribution in [1.82, 2.24) is 45.5 Å². The molecule has 1 atom stereocenters. The van der Waals surface area contributed by atoms with Gasteiger partial charge in [0.1, 0.15) is 11.4 Å². The van der Waals surface area contributed by atoms with Crippen molar-refractivity contribution in [1.29, 1.82) is 0 Å². The number of H-pyrrole nitrogens is 4. The molecule has 0 amide bonds. The van der Waals surface area contributed by atoms with Gasteiger partial charge in [-0.05, 0) is 38.1 Å². The molecule has 2 aliphatic rings. The Morgan fingerprint density at radius 2 is 1.79 bits per heavy atom. The van der Waals surface area contributed by atoms with E-state index in [1.165, 1.54) is 12.5 Å². The van der Waals surface area contributed by atoms with E-state index in [4.69, 9.17) is 4.42 Å². The van der Waals surface area contributed by atoms with Crippen LogP contribution < -0.4 is 21.9 Å². The molecule has 0 spiro atoms. The molecule has 0 bridgehead atoms. The van der Waals surface area contributed by atoms with Crippen LogP contribution in [0.4, 0.5) is 5.82 Å². The second kappa shape index (κ2) is 16.4. The van der Waals surface area contributed by atoms with E-state index in [0.717, 1.165) is 33.7 Å². The smallest absolute Gasteiger partial charge is 0.347 e. The first-order valence-corrected chi connectivity index (χ1v) is 12.0. The third-order valence-corrected chi connectivity index (χ3v) is 5.36. The minimum absolute atomic E-state index is 0. The zero-order valence-corrected chi connectivity index (χ0v) is 29.0. The van der Waals surface area contributed by atoms with Gasteiger partial charge in [0, 0.05) is 84.2 Å². The molecule has 6 N–H and O–H groups in total. The molecular formula is C26H27N11O3Y2-2. The molecule has 212 valence electrons. The number of aromatic amines is 4. The van der Waals surface area contributed by atoms with E-state index < -0.39 is 0 Å². The van der Waals surface area contributed by atoms with Gasteiger partial charge in [-0.15, -0.1) is 19.0 Å². The number of nitrogens with zero attached hydrogens (tertiary/aromatic N) is 5. The maximum atomic E-state index is 11.1. The molecule has 1 unspecified atom stereocenters. The van der Waals surface area contributed by atoms with Gasteiger partial charge in [-0.1, -0.05) is 12.6 Å². The van der Waals surface area contributed by atoms with Crippen molar-refractivity contribution in [3.63, 3.8) is 0 Å². The number of aryl methyl sites for hydroxylation is 2. The summed E-state index contributed by atoms with van der Waals surface area (Å²) in [6.07, 6.45) is 13.8. The molecular weight excluding hydrogens is 692 g/mol. The molecule has 0 fully saturated rings. The Labute approximate surface area is 290 Å². The molecule has 0 saturated carbocycles. The van der Waals surface area contributed by atoms with E-state index in [1.807, 2.05) is 40.0 Å². The molecule has 16 heteroatoms. The molecule has 2 aliphatic heterocycles.